The zero-order chi connectivity index (χ0) is 20.3. The molecule has 152 valence electrons. The van der Waals surface area contributed by atoms with Crippen molar-refractivity contribution in [3.63, 3.8) is 0 Å². The summed E-state index contributed by atoms with van der Waals surface area (Å²) >= 11 is 6.25. The van der Waals surface area contributed by atoms with E-state index >= 15 is 0 Å². The van der Waals surface area contributed by atoms with Crippen molar-refractivity contribution in [2.75, 3.05) is 20.2 Å². The number of nitrogens with one attached hydrogen (secondary N) is 1. The van der Waals surface area contributed by atoms with Gasteiger partial charge in [0.2, 0.25) is 0 Å². The summed E-state index contributed by atoms with van der Waals surface area (Å²) in [6.07, 6.45) is 4.53. The van der Waals surface area contributed by atoms with Crippen LogP contribution in [0.25, 0.3) is 0 Å². The van der Waals surface area contributed by atoms with Gasteiger partial charge in [-0.25, -0.2) is 0 Å². The molecule has 1 atom stereocenters. The second-order valence-corrected chi connectivity index (χ2v) is 7.80. The largest absolute Gasteiger partial charge is 0.497 e. The van der Waals surface area contributed by atoms with Gasteiger partial charge in [0.1, 0.15) is 5.75 Å². The van der Waals surface area contributed by atoms with Crippen LogP contribution in [0.15, 0.2) is 78.9 Å². The van der Waals surface area contributed by atoms with Crippen LogP contribution in [0.1, 0.15) is 41.9 Å². The lowest BCUT2D eigenvalue weighted by molar-refractivity contribution is 0.414. The third kappa shape index (κ3) is 6.92. The van der Waals surface area contributed by atoms with Crippen molar-refractivity contribution in [2.24, 2.45) is 0 Å². The minimum absolute atomic E-state index is 0.397. The van der Waals surface area contributed by atoms with Crippen LogP contribution in [-0.2, 0) is 6.42 Å². The molecule has 2 nitrogen and oxygen atoms in total. The van der Waals surface area contributed by atoms with Gasteiger partial charge in [-0.2, -0.15) is 0 Å². The quantitative estimate of drug-likeness (QED) is 0.367. The summed E-state index contributed by atoms with van der Waals surface area (Å²) in [6.45, 7) is 2.05. The molecular formula is C26H30ClNO. The van der Waals surface area contributed by atoms with Gasteiger partial charge >= 0.3 is 0 Å². The van der Waals surface area contributed by atoms with Gasteiger partial charge in [0.05, 0.1) is 7.11 Å². The number of rotatable bonds is 11. The highest BCUT2D eigenvalue weighted by atomic mass is 35.5. The summed E-state index contributed by atoms with van der Waals surface area (Å²) in [5, 5.41) is 4.38. The Morgan fingerprint density at radius 1 is 0.828 bits per heavy atom. The number of halogens is 1. The molecule has 0 spiro atoms. The summed E-state index contributed by atoms with van der Waals surface area (Å²) in [7, 11) is 1.70. The fraction of sp³-hybridized carbons (Fsp3) is 0.308. The second kappa shape index (κ2) is 11.6. The van der Waals surface area contributed by atoms with Gasteiger partial charge in [0.15, 0.2) is 0 Å². The summed E-state index contributed by atoms with van der Waals surface area (Å²) in [4.78, 5) is 0. The maximum Gasteiger partial charge on any atom is 0.118 e. The van der Waals surface area contributed by atoms with E-state index in [2.05, 4.69) is 59.9 Å². The first-order valence-corrected chi connectivity index (χ1v) is 10.8. The Morgan fingerprint density at radius 3 is 2.31 bits per heavy atom. The molecule has 3 rings (SSSR count). The molecule has 3 heteroatoms. The molecule has 1 unspecified atom stereocenters. The van der Waals surface area contributed by atoms with Crippen molar-refractivity contribution in [1.82, 2.24) is 5.32 Å². The number of hydrogen-bond donors (Lipinski definition) is 1. The van der Waals surface area contributed by atoms with Crippen molar-refractivity contribution in [3.8, 4) is 5.75 Å². The Bertz CT molecular complexity index is 848. The summed E-state index contributed by atoms with van der Waals surface area (Å²) < 4.78 is 5.21. The molecule has 3 aromatic rings. The lowest BCUT2D eigenvalue weighted by Crippen LogP contribution is -2.18. The topological polar surface area (TPSA) is 21.3 Å². The van der Waals surface area contributed by atoms with Gasteiger partial charge in [0.25, 0.3) is 0 Å². The van der Waals surface area contributed by atoms with Crippen molar-refractivity contribution in [1.29, 1.82) is 0 Å². The molecule has 0 saturated carbocycles. The van der Waals surface area contributed by atoms with E-state index in [0.717, 1.165) is 36.7 Å². The predicted molar refractivity (Wildman–Crippen MR) is 123 cm³/mol. The molecule has 0 heterocycles. The smallest absolute Gasteiger partial charge is 0.118 e. The maximum absolute atomic E-state index is 6.25. The van der Waals surface area contributed by atoms with Crippen molar-refractivity contribution in [3.05, 3.63) is 101 Å². The van der Waals surface area contributed by atoms with Gasteiger partial charge in [-0.1, -0.05) is 72.6 Å². The zero-order valence-electron chi connectivity index (χ0n) is 17.1. The summed E-state index contributed by atoms with van der Waals surface area (Å²) in [5.74, 6) is 1.31. The van der Waals surface area contributed by atoms with E-state index in [1.54, 1.807) is 7.11 Å². The zero-order valence-corrected chi connectivity index (χ0v) is 17.9. The third-order valence-electron chi connectivity index (χ3n) is 5.30. The SMILES string of the molecule is COc1ccc(CCNCCCCC(c2ccccc2)c2cccc(Cl)c2)cc1. The maximum atomic E-state index is 6.25. The highest BCUT2D eigenvalue weighted by Gasteiger charge is 2.14. The molecule has 0 amide bonds. The highest BCUT2D eigenvalue weighted by molar-refractivity contribution is 6.30. The molecule has 0 saturated heterocycles. The number of ether oxygens (including phenoxy) is 1. The van der Waals surface area contributed by atoms with Crippen LogP contribution >= 0.6 is 11.6 Å². The Balaban J connectivity index is 1.43. The summed E-state index contributed by atoms with van der Waals surface area (Å²) in [6, 6.07) is 27.4. The first kappa shape index (κ1) is 21.4. The van der Waals surface area contributed by atoms with Crippen LogP contribution in [0.4, 0.5) is 0 Å². The van der Waals surface area contributed by atoms with E-state index in [9.17, 15) is 0 Å². The van der Waals surface area contributed by atoms with Crippen LogP contribution in [0.3, 0.4) is 0 Å². The van der Waals surface area contributed by atoms with Crippen molar-refractivity contribution in [2.45, 2.75) is 31.6 Å². The number of hydrogen-bond acceptors (Lipinski definition) is 2. The Kier molecular flexibility index (Phi) is 8.60. The molecule has 1 N–H and O–H groups in total. The van der Waals surface area contributed by atoms with E-state index in [-0.39, 0.29) is 0 Å². The van der Waals surface area contributed by atoms with Crippen LogP contribution < -0.4 is 10.1 Å². The minimum atomic E-state index is 0.397. The fourth-order valence-electron chi connectivity index (χ4n) is 3.68. The average molecular weight is 408 g/mol. The second-order valence-electron chi connectivity index (χ2n) is 7.36. The first-order chi connectivity index (χ1) is 14.3. The van der Waals surface area contributed by atoms with Crippen molar-refractivity contribution < 1.29 is 4.74 Å². The molecule has 3 aromatic carbocycles. The van der Waals surface area contributed by atoms with Gasteiger partial charge in [-0.3, -0.25) is 0 Å². The van der Waals surface area contributed by atoms with Crippen molar-refractivity contribution >= 4 is 11.6 Å². The van der Waals surface area contributed by atoms with E-state index in [0.29, 0.717) is 5.92 Å². The number of benzene rings is 3. The standard InChI is InChI=1S/C26H30ClNO/c1-29-25-15-13-21(14-16-25)17-19-28-18-6-5-12-26(22-8-3-2-4-9-22)23-10-7-11-24(27)20-23/h2-4,7-11,13-16,20,26,28H,5-6,12,17-19H2,1H3. The first-order valence-electron chi connectivity index (χ1n) is 10.4. The molecule has 0 aliphatic rings. The average Bonchev–Trinajstić information content (AvgIpc) is 2.76. The summed E-state index contributed by atoms with van der Waals surface area (Å²) in [5.41, 5.74) is 4.00. The predicted octanol–water partition coefficient (Wildman–Crippen LogP) is 6.48. The van der Waals surface area contributed by atoms with Gasteiger partial charge in [0, 0.05) is 10.9 Å². The lowest BCUT2D eigenvalue weighted by atomic mass is 9.87. The number of unbranched alkanes of at least 4 members (excludes halogenated alkanes) is 1. The molecular weight excluding hydrogens is 378 g/mol. The molecule has 0 fully saturated rings. The van der Waals surface area contributed by atoms with Crippen LogP contribution in [0, 0.1) is 0 Å². The molecule has 0 bridgehead atoms. The van der Waals surface area contributed by atoms with Crippen LogP contribution in [0.5, 0.6) is 5.75 Å². The van der Waals surface area contributed by atoms with Gasteiger partial charge in [-0.05, 0) is 73.3 Å². The normalized spacial score (nSPS) is 11.9. The Morgan fingerprint density at radius 2 is 1.59 bits per heavy atom. The lowest BCUT2D eigenvalue weighted by Gasteiger charge is -2.18. The fourth-order valence-corrected chi connectivity index (χ4v) is 3.88. The van der Waals surface area contributed by atoms with E-state index in [1.165, 1.54) is 29.5 Å². The molecule has 0 aromatic heterocycles. The molecule has 0 aliphatic heterocycles. The number of methoxy groups -OCH3 is 1. The molecule has 0 radical (unpaired) electrons. The van der Waals surface area contributed by atoms with E-state index < -0.39 is 0 Å². The monoisotopic (exact) mass is 407 g/mol. The van der Waals surface area contributed by atoms with Gasteiger partial charge in [-0.15, -0.1) is 0 Å². The molecule has 29 heavy (non-hydrogen) atoms. The highest BCUT2D eigenvalue weighted by Crippen LogP contribution is 2.31. The molecule has 0 aliphatic carbocycles. The van der Waals surface area contributed by atoms with E-state index in [1.807, 2.05) is 24.3 Å². The van der Waals surface area contributed by atoms with Crippen LogP contribution in [0.2, 0.25) is 5.02 Å². The Hall–Kier alpha value is -2.29. The van der Waals surface area contributed by atoms with Gasteiger partial charge < -0.3 is 10.1 Å². The third-order valence-corrected chi connectivity index (χ3v) is 5.53. The van der Waals surface area contributed by atoms with E-state index in [4.69, 9.17) is 16.3 Å². The van der Waals surface area contributed by atoms with Crippen LogP contribution in [-0.4, -0.2) is 20.2 Å². The minimum Gasteiger partial charge on any atom is -0.497 e. The Labute approximate surface area is 179 Å².